The van der Waals surface area contributed by atoms with Gasteiger partial charge in [0.1, 0.15) is 17.2 Å². The molecule has 3 rings (SSSR count). The van der Waals surface area contributed by atoms with Gasteiger partial charge in [-0.15, -0.1) is 11.6 Å². The van der Waals surface area contributed by atoms with Gasteiger partial charge in [0.05, 0.1) is 11.4 Å². The zero-order valence-corrected chi connectivity index (χ0v) is 12.8. The van der Waals surface area contributed by atoms with Crippen molar-refractivity contribution < 1.29 is 8.78 Å². The Morgan fingerprint density at radius 1 is 1.33 bits per heavy atom. The zero-order valence-electron chi connectivity index (χ0n) is 12.1. The first-order valence-corrected chi connectivity index (χ1v) is 8.09. The van der Waals surface area contributed by atoms with E-state index in [9.17, 15) is 8.78 Å². The minimum absolute atomic E-state index is 0.211. The Labute approximate surface area is 128 Å². The summed E-state index contributed by atoms with van der Waals surface area (Å²) in [5.74, 6) is 0.340. The van der Waals surface area contributed by atoms with Gasteiger partial charge in [0.25, 0.3) is 0 Å². The number of rotatable bonds is 3. The van der Waals surface area contributed by atoms with Crippen LogP contribution in [-0.2, 0) is 5.88 Å². The maximum absolute atomic E-state index is 13.9. The van der Waals surface area contributed by atoms with E-state index in [2.05, 4.69) is 11.9 Å². The third kappa shape index (κ3) is 2.66. The van der Waals surface area contributed by atoms with Crippen LogP contribution in [0.2, 0.25) is 0 Å². The van der Waals surface area contributed by atoms with Gasteiger partial charge in [-0.3, -0.25) is 0 Å². The first kappa shape index (κ1) is 14.8. The normalized spacial score (nSPS) is 22.9. The number of hydrogen-bond donors (Lipinski definition) is 0. The Hall–Kier alpha value is -1.16. The molecule has 0 saturated heterocycles. The van der Waals surface area contributed by atoms with Gasteiger partial charge in [-0.2, -0.15) is 0 Å². The molecule has 1 aromatic carbocycles. The van der Waals surface area contributed by atoms with Crippen LogP contribution in [0.3, 0.4) is 0 Å². The van der Waals surface area contributed by atoms with Gasteiger partial charge in [-0.1, -0.05) is 26.2 Å². The molecule has 2 atom stereocenters. The lowest BCUT2D eigenvalue weighted by molar-refractivity contribution is 0.262. The summed E-state index contributed by atoms with van der Waals surface area (Å²) in [4.78, 5) is 4.29. The van der Waals surface area contributed by atoms with Crippen LogP contribution in [0.15, 0.2) is 12.1 Å². The molecule has 0 amide bonds. The largest absolute Gasteiger partial charge is 0.324 e. The van der Waals surface area contributed by atoms with Gasteiger partial charge in [0.15, 0.2) is 5.82 Å². The van der Waals surface area contributed by atoms with E-state index in [-0.39, 0.29) is 17.4 Å². The Balaban J connectivity index is 2.11. The summed E-state index contributed by atoms with van der Waals surface area (Å²) in [6.07, 6.45) is 5.57. The van der Waals surface area contributed by atoms with Crippen molar-refractivity contribution in [1.29, 1.82) is 0 Å². The molecule has 2 nitrogen and oxygen atoms in total. The van der Waals surface area contributed by atoms with Crippen LogP contribution >= 0.6 is 11.6 Å². The third-order valence-electron chi connectivity index (χ3n) is 4.60. The molecule has 5 heteroatoms. The van der Waals surface area contributed by atoms with Gasteiger partial charge in [0.2, 0.25) is 0 Å². The fraction of sp³-hybridized carbons (Fsp3) is 0.562. The van der Waals surface area contributed by atoms with Gasteiger partial charge >= 0.3 is 0 Å². The van der Waals surface area contributed by atoms with Crippen LogP contribution in [-0.4, -0.2) is 9.55 Å². The Kier molecular flexibility index (Phi) is 4.16. The molecule has 2 aromatic rings. The molecular formula is C16H19ClF2N2. The summed E-state index contributed by atoms with van der Waals surface area (Å²) in [7, 11) is 0. The van der Waals surface area contributed by atoms with Crippen molar-refractivity contribution in [3.63, 3.8) is 0 Å². The molecule has 0 radical (unpaired) electrons. The van der Waals surface area contributed by atoms with Crippen molar-refractivity contribution in [2.45, 2.75) is 50.9 Å². The number of hydrogen-bond acceptors (Lipinski definition) is 1. The lowest BCUT2D eigenvalue weighted by Crippen LogP contribution is -2.20. The van der Waals surface area contributed by atoms with Crippen LogP contribution in [0, 0.1) is 17.6 Å². The predicted molar refractivity (Wildman–Crippen MR) is 80.5 cm³/mol. The minimum Gasteiger partial charge on any atom is -0.324 e. The second kappa shape index (κ2) is 5.91. The number of benzene rings is 1. The van der Waals surface area contributed by atoms with Crippen molar-refractivity contribution in [1.82, 2.24) is 9.55 Å². The molecule has 0 bridgehead atoms. The Morgan fingerprint density at radius 3 is 2.86 bits per heavy atom. The first-order valence-electron chi connectivity index (χ1n) is 7.55. The van der Waals surface area contributed by atoms with Gasteiger partial charge in [0, 0.05) is 12.1 Å². The van der Waals surface area contributed by atoms with Crippen molar-refractivity contribution in [3.8, 4) is 0 Å². The van der Waals surface area contributed by atoms with Crippen molar-refractivity contribution in [3.05, 3.63) is 29.6 Å². The predicted octanol–water partition coefficient (Wildman–Crippen LogP) is 5.19. The van der Waals surface area contributed by atoms with E-state index in [0.717, 1.165) is 31.7 Å². The zero-order chi connectivity index (χ0) is 15.0. The van der Waals surface area contributed by atoms with Crippen LogP contribution in [0.5, 0.6) is 0 Å². The molecule has 1 aliphatic carbocycles. The van der Waals surface area contributed by atoms with E-state index in [1.165, 1.54) is 12.5 Å². The monoisotopic (exact) mass is 312 g/mol. The third-order valence-corrected chi connectivity index (χ3v) is 4.84. The van der Waals surface area contributed by atoms with E-state index in [1.54, 1.807) is 0 Å². The Bertz CT molecular complexity index is 653. The highest BCUT2D eigenvalue weighted by Crippen LogP contribution is 2.37. The molecule has 1 saturated carbocycles. The lowest BCUT2D eigenvalue weighted by atomic mass is 9.84. The van der Waals surface area contributed by atoms with E-state index in [1.807, 2.05) is 4.57 Å². The summed E-state index contributed by atoms with van der Waals surface area (Å²) in [5, 5.41) is 0. The number of aromatic nitrogens is 2. The second-order valence-corrected chi connectivity index (χ2v) is 6.15. The summed E-state index contributed by atoms with van der Waals surface area (Å²) in [6.45, 7) is 2.20. The molecular weight excluding hydrogens is 294 g/mol. The van der Waals surface area contributed by atoms with E-state index < -0.39 is 11.6 Å². The summed E-state index contributed by atoms with van der Waals surface area (Å²) in [5.41, 5.74) is 0.760. The maximum Gasteiger partial charge on any atom is 0.153 e. The molecule has 114 valence electrons. The fourth-order valence-electron chi connectivity index (χ4n) is 3.54. The molecule has 0 aliphatic heterocycles. The van der Waals surface area contributed by atoms with Crippen LogP contribution < -0.4 is 0 Å². The highest BCUT2D eigenvalue weighted by molar-refractivity contribution is 6.16. The molecule has 1 heterocycles. The highest BCUT2D eigenvalue weighted by atomic mass is 35.5. The van der Waals surface area contributed by atoms with Crippen LogP contribution in [0.4, 0.5) is 8.78 Å². The van der Waals surface area contributed by atoms with Gasteiger partial charge in [-0.05, 0) is 24.8 Å². The molecule has 1 aromatic heterocycles. The van der Waals surface area contributed by atoms with Crippen LogP contribution in [0.1, 0.15) is 50.9 Å². The maximum atomic E-state index is 13.9. The van der Waals surface area contributed by atoms with E-state index >= 15 is 0 Å². The molecule has 1 aliphatic rings. The molecule has 1 fully saturated rings. The fourth-order valence-corrected chi connectivity index (χ4v) is 3.73. The summed E-state index contributed by atoms with van der Waals surface area (Å²) < 4.78 is 29.5. The van der Waals surface area contributed by atoms with Gasteiger partial charge < -0.3 is 4.57 Å². The van der Waals surface area contributed by atoms with Crippen molar-refractivity contribution in [2.24, 2.45) is 5.92 Å². The first-order chi connectivity index (χ1) is 10.1. The van der Waals surface area contributed by atoms with Gasteiger partial charge in [-0.25, -0.2) is 13.8 Å². The number of fused-ring (bicyclic) bond motifs is 1. The molecule has 0 spiro atoms. The molecule has 21 heavy (non-hydrogen) atoms. The Morgan fingerprint density at radius 2 is 2.14 bits per heavy atom. The number of alkyl halides is 1. The summed E-state index contributed by atoms with van der Waals surface area (Å²) in [6, 6.07) is 2.49. The van der Waals surface area contributed by atoms with Crippen molar-refractivity contribution >= 4 is 22.6 Å². The smallest absolute Gasteiger partial charge is 0.153 e. The quantitative estimate of drug-likeness (QED) is 0.713. The second-order valence-electron chi connectivity index (χ2n) is 5.88. The molecule has 2 unspecified atom stereocenters. The SMILES string of the molecule is CCC1CCCC(n2c(CCl)nc3c(F)cc(F)cc32)C1. The minimum atomic E-state index is -0.613. The topological polar surface area (TPSA) is 17.8 Å². The number of nitrogens with zero attached hydrogens (tertiary/aromatic N) is 2. The van der Waals surface area contributed by atoms with Crippen LogP contribution in [0.25, 0.3) is 11.0 Å². The molecule has 0 N–H and O–H groups in total. The standard InChI is InChI=1S/C16H19ClF2N2/c1-2-10-4-3-5-12(6-10)21-14-8-11(18)7-13(19)16(14)20-15(21)9-17/h7-8,10,12H,2-6,9H2,1H3. The number of imidazole rings is 1. The van der Waals surface area contributed by atoms with E-state index in [4.69, 9.17) is 11.6 Å². The summed E-state index contributed by atoms with van der Waals surface area (Å²) >= 11 is 5.99. The lowest BCUT2D eigenvalue weighted by Gasteiger charge is -2.30. The average Bonchev–Trinajstić information content (AvgIpc) is 2.86. The highest BCUT2D eigenvalue weighted by Gasteiger charge is 2.26. The number of halogens is 3. The average molecular weight is 313 g/mol. The van der Waals surface area contributed by atoms with E-state index in [0.29, 0.717) is 17.3 Å². The van der Waals surface area contributed by atoms with Crippen molar-refractivity contribution in [2.75, 3.05) is 0 Å².